The van der Waals surface area contributed by atoms with Crippen molar-refractivity contribution in [2.75, 3.05) is 18.4 Å². The minimum absolute atomic E-state index is 0.123. The fourth-order valence-electron chi connectivity index (χ4n) is 4.17. The molecular weight excluding hydrogens is 494 g/mol. The molecule has 1 saturated carbocycles. The Kier molecular flexibility index (Phi) is 6.26. The largest absolute Gasteiger partial charge is 0.305 e. The highest BCUT2D eigenvalue weighted by atomic mass is 35.5. The first-order chi connectivity index (χ1) is 16.2. The van der Waals surface area contributed by atoms with Gasteiger partial charge in [-0.25, -0.2) is 13.4 Å². The number of aromatic nitrogens is 3. The van der Waals surface area contributed by atoms with Gasteiger partial charge in [-0.1, -0.05) is 17.7 Å². The van der Waals surface area contributed by atoms with Crippen molar-refractivity contribution in [1.29, 1.82) is 0 Å². The van der Waals surface area contributed by atoms with Crippen LogP contribution in [0.3, 0.4) is 0 Å². The van der Waals surface area contributed by atoms with Crippen molar-refractivity contribution in [3.63, 3.8) is 0 Å². The summed E-state index contributed by atoms with van der Waals surface area (Å²) in [4.78, 5) is 17.5. The van der Waals surface area contributed by atoms with Gasteiger partial charge in [0.15, 0.2) is 0 Å². The molecular formula is C23H26ClN5O3S2. The van der Waals surface area contributed by atoms with E-state index in [1.54, 1.807) is 22.2 Å². The van der Waals surface area contributed by atoms with Crippen molar-refractivity contribution in [3.05, 3.63) is 56.6 Å². The zero-order chi connectivity index (χ0) is 24.0. The fourth-order valence-corrected chi connectivity index (χ4v) is 6.88. The summed E-state index contributed by atoms with van der Waals surface area (Å²) in [5.41, 5.74) is 2.24. The first kappa shape index (κ1) is 23.5. The number of aryl methyl sites for hydroxylation is 2. The van der Waals surface area contributed by atoms with Crippen LogP contribution in [0.5, 0.6) is 0 Å². The van der Waals surface area contributed by atoms with E-state index in [4.69, 9.17) is 11.6 Å². The van der Waals surface area contributed by atoms with Crippen LogP contribution in [0, 0.1) is 6.92 Å². The topological polar surface area (TPSA) is 97.2 Å². The van der Waals surface area contributed by atoms with E-state index in [0.717, 1.165) is 29.1 Å². The number of benzene rings is 1. The zero-order valence-corrected chi connectivity index (χ0v) is 21.4. The van der Waals surface area contributed by atoms with Gasteiger partial charge in [0.25, 0.3) is 5.91 Å². The van der Waals surface area contributed by atoms with Gasteiger partial charge in [-0.2, -0.15) is 9.40 Å². The minimum Gasteiger partial charge on any atom is -0.305 e. The van der Waals surface area contributed by atoms with E-state index < -0.39 is 10.0 Å². The molecule has 1 N–H and O–H groups in total. The molecule has 34 heavy (non-hydrogen) atoms. The van der Waals surface area contributed by atoms with Gasteiger partial charge in [0.1, 0.15) is 11.5 Å². The molecule has 2 fully saturated rings. The molecule has 1 aromatic carbocycles. The van der Waals surface area contributed by atoms with E-state index >= 15 is 0 Å². The summed E-state index contributed by atoms with van der Waals surface area (Å²) in [6.45, 7) is 2.64. The third kappa shape index (κ3) is 4.64. The normalized spacial score (nSPS) is 17.7. The van der Waals surface area contributed by atoms with Crippen molar-refractivity contribution in [1.82, 2.24) is 19.1 Å². The highest BCUT2D eigenvalue weighted by Crippen LogP contribution is 2.40. The van der Waals surface area contributed by atoms with Crippen LogP contribution in [0.25, 0.3) is 0 Å². The predicted octanol–water partition coefficient (Wildman–Crippen LogP) is 4.54. The summed E-state index contributed by atoms with van der Waals surface area (Å²) in [5.74, 6) is 1.04. The van der Waals surface area contributed by atoms with E-state index in [-0.39, 0.29) is 16.7 Å². The second kappa shape index (κ2) is 9.07. The van der Waals surface area contributed by atoms with Crippen LogP contribution in [-0.2, 0) is 17.1 Å². The molecule has 0 bridgehead atoms. The number of amides is 1. The van der Waals surface area contributed by atoms with Gasteiger partial charge >= 0.3 is 0 Å². The highest BCUT2D eigenvalue weighted by Gasteiger charge is 2.32. The lowest BCUT2D eigenvalue weighted by molar-refractivity contribution is 0.102. The quantitative estimate of drug-likeness (QED) is 0.515. The summed E-state index contributed by atoms with van der Waals surface area (Å²) in [6, 6.07) is 6.77. The van der Waals surface area contributed by atoms with Crippen molar-refractivity contribution < 1.29 is 13.2 Å². The zero-order valence-electron chi connectivity index (χ0n) is 19.0. The Labute approximate surface area is 208 Å². The summed E-state index contributed by atoms with van der Waals surface area (Å²) < 4.78 is 29.3. The molecule has 3 heterocycles. The van der Waals surface area contributed by atoms with Gasteiger partial charge in [0.05, 0.1) is 15.6 Å². The third-order valence-electron chi connectivity index (χ3n) is 6.47. The lowest BCUT2D eigenvalue weighted by Crippen LogP contribution is -2.37. The maximum absolute atomic E-state index is 13.0. The number of sulfonamides is 1. The Morgan fingerprint density at radius 1 is 1.15 bits per heavy atom. The van der Waals surface area contributed by atoms with Crippen LogP contribution in [0.2, 0.25) is 5.02 Å². The Morgan fingerprint density at radius 2 is 1.88 bits per heavy atom. The average Bonchev–Trinajstić information content (AvgIpc) is 3.43. The molecule has 1 saturated heterocycles. The van der Waals surface area contributed by atoms with Crippen molar-refractivity contribution in [2.24, 2.45) is 7.05 Å². The second-order valence-corrected chi connectivity index (χ2v) is 12.2. The number of nitrogens with zero attached hydrogens (tertiary/aromatic N) is 4. The number of halogens is 1. The SMILES string of the molecule is Cc1ccc(S(=O)(=O)N2CCC(c3nc(C(=O)Nc4cc(C5CC5)nn4C)cs3)CC2)cc1Cl. The Hall–Kier alpha value is -2.27. The Morgan fingerprint density at radius 3 is 2.56 bits per heavy atom. The monoisotopic (exact) mass is 519 g/mol. The standard InChI is InChI=1S/C23H26ClN5O3S2/c1-14-3-6-17(11-18(14)24)34(31,32)29-9-7-16(8-10-29)23-25-20(13-33-23)22(30)26-21-12-19(15-4-5-15)27-28(21)2/h3,6,11-13,15-16H,4-5,7-10H2,1-2H3,(H,26,30). The summed E-state index contributed by atoms with van der Waals surface area (Å²) >= 11 is 7.59. The van der Waals surface area contributed by atoms with Gasteiger partial charge in [0, 0.05) is 48.4 Å². The molecule has 0 unspecified atom stereocenters. The number of carbonyl (C=O) groups excluding carboxylic acids is 1. The molecule has 0 atom stereocenters. The smallest absolute Gasteiger partial charge is 0.276 e. The molecule has 2 aliphatic rings. The van der Waals surface area contributed by atoms with Crippen LogP contribution in [0.4, 0.5) is 5.82 Å². The molecule has 8 nitrogen and oxygen atoms in total. The van der Waals surface area contributed by atoms with Crippen LogP contribution < -0.4 is 5.32 Å². The maximum atomic E-state index is 13.0. The molecule has 11 heteroatoms. The molecule has 1 aliphatic heterocycles. The van der Waals surface area contributed by atoms with Crippen LogP contribution in [0.15, 0.2) is 34.5 Å². The van der Waals surface area contributed by atoms with Crippen LogP contribution in [0.1, 0.15) is 64.3 Å². The molecule has 1 amide bonds. The molecule has 3 aromatic rings. The molecule has 180 valence electrons. The van der Waals surface area contributed by atoms with Gasteiger partial charge in [-0.05, 0) is 50.3 Å². The molecule has 0 radical (unpaired) electrons. The van der Waals surface area contributed by atoms with Crippen molar-refractivity contribution in [2.45, 2.75) is 49.3 Å². The first-order valence-corrected chi connectivity index (χ1v) is 14.0. The number of rotatable bonds is 6. The number of nitrogens with one attached hydrogen (secondary N) is 1. The van der Waals surface area contributed by atoms with E-state index in [9.17, 15) is 13.2 Å². The number of hydrogen-bond acceptors (Lipinski definition) is 6. The number of hydrogen-bond donors (Lipinski definition) is 1. The summed E-state index contributed by atoms with van der Waals surface area (Å²) in [6.07, 6.45) is 3.61. The van der Waals surface area contributed by atoms with E-state index in [0.29, 0.717) is 48.4 Å². The van der Waals surface area contributed by atoms with Crippen molar-refractivity contribution in [3.8, 4) is 0 Å². The van der Waals surface area contributed by atoms with Gasteiger partial charge in [0.2, 0.25) is 10.0 Å². The fraction of sp³-hybridized carbons (Fsp3) is 0.435. The van der Waals surface area contributed by atoms with Crippen LogP contribution in [-0.4, -0.2) is 46.5 Å². The number of anilines is 1. The Balaban J connectivity index is 1.22. The van der Waals surface area contributed by atoms with Gasteiger partial charge < -0.3 is 5.32 Å². The number of piperidine rings is 1. The minimum atomic E-state index is -3.59. The lowest BCUT2D eigenvalue weighted by Gasteiger charge is -2.30. The van der Waals surface area contributed by atoms with Crippen LogP contribution >= 0.6 is 22.9 Å². The number of thiazole rings is 1. The molecule has 0 spiro atoms. The average molecular weight is 520 g/mol. The first-order valence-electron chi connectivity index (χ1n) is 11.3. The van der Waals surface area contributed by atoms with E-state index in [2.05, 4.69) is 15.4 Å². The van der Waals surface area contributed by atoms with E-state index in [1.165, 1.54) is 21.7 Å². The Bertz CT molecular complexity index is 1340. The third-order valence-corrected chi connectivity index (χ3v) is 9.78. The molecule has 1 aliphatic carbocycles. The van der Waals surface area contributed by atoms with Gasteiger partial charge in [-0.3, -0.25) is 9.48 Å². The second-order valence-electron chi connectivity index (χ2n) is 8.97. The van der Waals surface area contributed by atoms with Crippen molar-refractivity contribution >= 4 is 44.7 Å². The predicted molar refractivity (Wildman–Crippen MR) is 132 cm³/mol. The summed E-state index contributed by atoms with van der Waals surface area (Å²) in [5, 5.41) is 10.5. The highest BCUT2D eigenvalue weighted by molar-refractivity contribution is 7.89. The maximum Gasteiger partial charge on any atom is 0.276 e. The lowest BCUT2D eigenvalue weighted by atomic mass is 9.99. The van der Waals surface area contributed by atoms with E-state index in [1.807, 2.05) is 20.0 Å². The molecule has 5 rings (SSSR count). The molecule has 2 aromatic heterocycles. The number of carbonyl (C=O) groups is 1. The van der Waals surface area contributed by atoms with Gasteiger partial charge in [-0.15, -0.1) is 11.3 Å². The summed E-state index contributed by atoms with van der Waals surface area (Å²) in [7, 11) is -1.77.